The molecule has 1 aromatic carbocycles. The van der Waals surface area contributed by atoms with Gasteiger partial charge >= 0.3 is 5.97 Å². The van der Waals surface area contributed by atoms with Crippen molar-refractivity contribution in [1.29, 1.82) is 0 Å². The molecule has 0 saturated heterocycles. The molecule has 0 fully saturated rings. The van der Waals surface area contributed by atoms with Crippen LogP contribution in [0.5, 0.6) is 0 Å². The third-order valence-corrected chi connectivity index (χ3v) is 5.62. The molecule has 112 valence electrons. The Morgan fingerprint density at radius 1 is 1.10 bits per heavy atom. The van der Waals surface area contributed by atoms with Crippen molar-refractivity contribution in [3.63, 3.8) is 0 Å². The summed E-state index contributed by atoms with van der Waals surface area (Å²) in [7, 11) is -8.08. The minimum Gasteiger partial charge on any atom is -0.481 e. The highest BCUT2D eigenvalue weighted by Gasteiger charge is 2.28. The summed E-state index contributed by atoms with van der Waals surface area (Å²) in [5, 5.41) is 8.67. The number of carbonyl (C=O) groups is 1. The smallest absolute Gasteiger partial charge is 0.303 e. The van der Waals surface area contributed by atoms with Crippen LogP contribution in [0.15, 0.2) is 24.3 Å². The number of para-hydroxylation sites is 1. The fraction of sp³-hybridized carbons (Fsp3) is 0.364. The molecular formula is C11H15NO6S2. The van der Waals surface area contributed by atoms with Gasteiger partial charge in [-0.15, -0.1) is 0 Å². The molecule has 9 heteroatoms. The Hall–Kier alpha value is -1.61. The first-order valence-corrected chi connectivity index (χ1v) is 9.23. The molecule has 0 unspecified atom stereocenters. The highest BCUT2D eigenvalue weighted by molar-refractivity contribution is 8.09. The molecule has 0 radical (unpaired) electrons. The van der Waals surface area contributed by atoms with Crippen molar-refractivity contribution in [2.75, 3.05) is 16.2 Å². The maximum absolute atomic E-state index is 11.7. The van der Waals surface area contributed by atoms with Gasteiger partial charge in [0, 0.05) is 6.42 Å². The van der Waals surface area contributed by atoms with E-state index in [2.05, 4.69) is 0 Å². The van der Waals surface area contributed by atoms with E-state index in [0.29, 0.717) is 9.27 Å². The molecule has 0 atom stereocenters. The Morgan fingerprint density at radius 3 is 2.05 bits per heavy atom. The zero-order chi connectivity index (χ0) is 15.6. The Morgan fingerprint density at radius 2 is 1.60 bits per heavy atom. The lowest BCUT2D eigenvalue weighted by Gasteiger charge is -2.22. The largest absolute Gasteiger partial charge is 0.481 e. The van der Waals surface area contributed by atoms with Gasteiger partial charge in [0.25, 0.3) is 0 Å². The number of rotatable bonds is 6. The van der Waals surface area contributed by atoms with E-state index in [1.54, 1.807) is 6.07 Å². The zero-order valence-electron chi connectivity index (χ0n) is 11.0. The lowest BCUT2D eigenvalue weighted by atomic mass is 10.1. The summed E-state index contributed by atoms with van der Waals surface area (Å²) in [6, 6.07) is 5.91. The summed E-state index contributed by atoms with van der Waals surface area (Å²) in [5.41, 5.74) is 0.296. The fourth-order valence-electron chi connectivity index (χ4n) is 1.75. The number of hydrogen-bond donors (Lipinski definition) is 1. The Balaban J connectivity index is 3.39. The van der Waals surface area contributed by atoms with Crippen molar-refractivity contribution in [3.05, 3.63) is 29.8 Å². The molecule has 0 saturated carbocycles. The maximum atomic E-state index is 11.7. The zero-order valence-corrected chi connectivity index (χ0v) is 12.6. The topological polar surface area (TPSA) is 109 Å². The monoisotopic (exact) mass is 321 g/mol. The number of aryl methyl sites for hydroxylation is 1. The first-order valence-electron chi connectivity index (χ1n) is 5.53. The van der Waals surface area contributed by atoms with Crippen LogP contribution in [0.25, 0.3) is 0 Å². The van der Waals surface area contributed by atoms with Gasteiger partial charge in [-0.1, -0.05) is 18.2 Å². The summed E-state index contributed by atoms with van der Waals surface area (Å²) in [6.07, 6.45) is 1.37. The van der Waals surface area contributed by atoms with Gasteiger partial charge in [0.05, 0.1) is 18.2 Å². The molecule has 20 heavy (non-hydrogen) atoms. The third-order valence-electron chi connectivity index (χ3n) is 2.40. The molecule has 1 rings (SSSR count). The molecule has 0 bridgehead atoms. The van der Waals surface area contributed by atoms with E-state index in [1.807, 2.05) is 0 Å². The fourth-order valence-corrected chi connectivity index (χ4v) is 4.78. The second-order valence-electron chi connectivity index (χ2n) is 4.25. The second-order valence-corrected chi connectivity index (χ2v) is 8.14. The standard InChI is InChI=1S/C11H15NO6S2/c1-19(15,16)12(20(2,17)18)10-6-4-3-5-9(10)7-8-11(13)14/h3-6H,7-8H2,1-2H3,(H,13,14). The number of aliphatic carboxylic acids is 1. The Kier molecular flexibility index (Phi) is 4.77. The minimum absolute atomic E-state index is 0.0348. The maximum Gasteiger partial charge on any atom is 0.303 e. The van der Waals surface area contributed by atoms with Crippen molar-refractivity contribution < 1.29 is 26.7 Å². The van der Waals surface area contributed by atoms with E-state index in [4.69, 9.17) is 5.11 Å². The van der Waals surface area contributed by atoms with Crippen LogP contribution in [-0.2, 0) is 31.3 Å². The van der Waals surface area contributed by atoms with Crippen molar-refractivity contribution in [2.45, 2.75) is 12.8 Å². The molecular weight excluding hydrogens is 306 g/mol. The predicted octanol–water partition coefficient (Wildman–Crippen LogP) is 0.429. The highest BCUT2D eigenvalue weighted by atomic mass is 32.3. The van der Waals surface area contributed by atoms with Gasteiger partial charge in [0.2, 0.25) is 20.0 Å². The van der Waals surface area contributed by atoms with E-state index in [9.17, 15) is 21.6 Å². The minimum atomic E-state index is -4.04. The van der Waals surface area contributed by atoms with Gasteiger partial charge in [-0.3, -0.25) is 4.79 Å². The van der Waals surface area contributed by atoms with Crippen LogP contribution in [0, 0.1) is 0 Å². The lowest BCUT2D eigenvalue weighted by Crippen LogP contribution is -2.36. The molecule has 1 aromatic rings. The molecule has 0 aliphatic carbocycles. The normalized spacial score (nSPS) is 12.1. The van der Waals surface area contributed by atoms with Crippen molar-refractivity contribution in [2.24, 2.45) is 0 Å². The molecule has 0 amide bonds. The van der Waals surface area contributed by atoms with Crippen LogP contribution in [-0.4, -0.2) is 40.4 Å². The number of benzene rings is 1. The van der Waals surface area contributed by atoms with E-state index in [1.165, 1.54) is 18.2 Å². The highest BCUT2D eigenvalue weighted by Crippen LogP contribution is 2.26. The molecule has 7 nitrogen and oxygen atoms in total. The summed E-state index contributed by atoms with van der Waals surface area (Å²) in [4.78, 5) is 10.6. The molecule has 1 N–H and O–H groups in total. The van der Waals surface area contributed by atoms with Gasteiger partial charge in [-0.05, 0) is 18.1 Å². The second kappa shape index (κ2) is 5.80. The number of carboxylic acid groups (broad SMARTS) is 1. The van der Waals surface area contributed by atoms with E-state index in [0.717, 1.165) is 12.5 Å². The quantitative estimate of drug-likeness (QED) is 0.814. The van der Waals surface area contributed by atoms with Crippen LogP contribution in [0.4, 0.5) is 5.69 Å². The number of anilines is 1. The van der Waals surface area contributed by atoms with Gasteiger partial charge in [-0.2, -0.15) is 3.71 Å². The summed E-state index contributed by atoms with van der Waals surface area (Å²) < 4.78 is 47.1. The Labute approximate surface area is 117 Å². The van der Waals surface area contributed by atoms with Crippen LogP contribution in [0.3, 0.4) is 0 Å². The SMILES string of the molecule is CS(=O)(=O)N(c1ccccc1CCC(=O)O)S(C)(=O)=O. The number of sulfonamides is 2. The van der Waals surface area contributed by atoms with E-state index in [-0.39, 0.29) is 18.5 Å². The van der Waals surface area contributed by atoms with Gasteiger partial charge in [0.1, 0.15) is 0 Å². The number of carboxylic acids is 1. The first kappa shape index (κ1) is 16.4. The summed E-state index contributed by atoms with van der Waals surface area (Å²) in [5.74, 6) is -1.05. The van der Waals surface area contributed by atoms with Gasteiger partial charge in [0.15, 0.2) is 0 Å². The van der Waals surface area contributed by atoms with Gasteiger partial charge in [-0.25, -0.2) is 16.8 Å². The van der Waals surface area contributed by atoms with Crippen LogP contribution < -0.4 is 3.71 Å². The number of nitrogens with zero attached hydrogens (tertiary/aromatic N) is 1. The van der Waals surface area contributed by atoms with Crippen LogP contribution in [0.2, 0.25) is 0 Å². The molecule has 0 spiro atoms. The van der Waals surface area contributed by atoms with Crippen molar-refractivity contribution in [3.8, 4) is 0 Å². The Bertz CT molecular complexity index is 676. The van der Waals surface area contributed by atoms with Crippen molar-refractivity contribution >= 4 is 31.7 Å². The molecule has 0 aliphatic rings. The third kappa shape index (κ3) is 4.20. The average molecular weight is 321 g/mol. The average Bonchev–Trinajstić information content (AvgIpc) is 2.23. The van der Waals surface area contributed by atoms with E-state index >= 15 is 0 Å². The van der Waals surface area contributed by atoms with Crippen molar-refractivity contribution in [1.82, 2.24) is 0 Å². The number of hydrogen-bond acceptors (Lipinski definition) is 5. The molecule has 0 heterocycles. The summed E-state index contributed by atoms with van der Waals surface area (Å²) in [6.45, 7) is 0. The van der Waals surface area contributed by atoms with E-state index < -0.39 is 26.0 Å². The first-order chi connectivity index (χ1) is 9.03. The summed E-state index contributed by atoms with van der Waals surface area (Å²) >= 11 is 0. The lowest BCUT2D eigenvalue weighted by molar-refractivity contribution is -0.136. The van der Waals surface area contributed by atoms with Crippen LogP contribution in [0.1, 0.15) is 12.0 Å². The van der Waals surface area contributed by atoms with Gasteiger partial charge < -0.3 is 5.11 Å². The predicted molar refractivity (Wildman–Crippen MR) is 74.6 cm³/mol. The van der Waals surface area contributed by atoms with Crippen LogP contribution >= 0.6 is 0 Å². The molecule has 0 aliphatic heterocycles. The molecule has 0 aromatic heterocycles.